The Morgan fingerprint density at radius 1 is 1.09 bits per heavy atom. The van der Waals surface area contributed by atoms with Crippen LogP contribution in [0.1, 0.15) is 21.7 Å². The van der Waals surface area contributed by atoms with E-state index in [0.717, 1.165) is 18.8 Å². The minimum Gasteiger partial charge on any atom is -0.345 e. The van der Waals surface area contributed by atoms with Gasteiger partial charge in [0.1, 0.15) is 6.33 Å². The molecule has 0 unspecified atom stereocenters. The molecule has 2 heterocycles. The van der Waals surface area contributed by atoms with Crippen molar-refractivity contribution < 1.29 is 4.79 Å². The molecule has 3 rings (SSSR count). The van der Waals surface area contributed by atoms with Crippen molar-refractivity contribution in [2.75, 3.05) is 0 Å². The summed E-state index contributed by atoms with van der Waals surface area (Å²) in [5.74, 6) is 0.508. The van der Waals surface area contributed by atoms with Crippen molar-refractivity contribution in [1.82, 2.24) is 30.3 Å². The summed E-state index contributed by atoms with van der Waals surface area (Å²) >= 11 is 0. The summed E-state index contributed by atoms with van der Waals surface area (Å²) in [4.78, 5) is 12.0. The molecule has 0 spiro atoms. The Bertz CT molecular complexity index is 757. The Morgan fingerprint density at radius 3 is 2.74 bits per heavy atom. The SMILES string of the molecule is O=C(NCc1nncn1CCc1ccccc1)c1ccnnc1. The maximum atomic E-state index is 12.0. The minimum atomic E-state index is -0.211. The number of carbonyl (C=O) groups excluding carboxylic acids is 1. The highest BCUT2D eigenvalue weighted by atomic mass is 16.1. The summed E-state index contributed by atoms with van der Waals surface area (Å²) < 4.78 is 1.94. The molecule has 0 atom stereocenters. The molecule has 7 heteroatoms. The van der Waals surface area contributed by atoms with Crippen molar-refractivity contribution in [3.8, 4) is 0 Å². The number of hydrogen-bond donors (Lipinski definition) is 1. The van der Waals surface area contributed by atoms with E-state index in [1.165, 1.54) is 18.0 Å². The standard InChI is InChI=1S/C16H16N6O/c23-16(14-6-8-18-19-10-14)17-11-15-21-20-12-22(15)9-7-13-4-2-1-3-5-13/h1-6,8,10,12H,7,9,11H2,(H,17,23). The third-order valence-corrected chi connectivity index (χ3v) is 3.43. The Labute approximate surface area is 133 Å². The largest absolute Gasteiger partial charge is 0.345 e. The van der Waals surface area contributed by atoms with Crippen LogP contribution in [-0.2, 0) is 19.5 Å². The monoisotopic (exact) mass is 308 g/mol. The third-order valence-electron chi connectivity index (χ3n) is 3.43. The zero-order chi connectivity index (χ0) is 15.9. The second kappa shape index (κ2) is 7.26. The van der Waals surface area contributed by atoms with E-state index in [1.807, 2.05) is 22.8 Å². The van der Waals surface area contributed by atoms with E-state index in [-0.39, 0.29) is 5.91 Å². The highest BCUT2D eigenvalue weighted by molar-refractivity contribution is 5.93. The van der Waals surface area contributed by atoms with Crippen LogP contribution in [-0.4, -0.2) is 30.9 Å². The quantitative estimate of drug-likeness (QED) is 0.740. The zero-order valence-electron chi connectivity index (χ0n) is 12.5. The van der Waals surface area contributed by atoms with Crippen LogP contribution in [0.2, 0.25) is 0 Å². The lowest BCUT2D eigenvalue weighted by molar-refractivity contribution is 0.0949. The molecule has 0 saturated carbocycles. The first-order chi connectivity index (χ1) is 11.3. The van der Waals surface area contributed by atoms with Crippen molar-refractivity contribution in [1.29, 1.82) is 0 Å². The zero-order valence-corrected chi connectivity index (χ0v) is 12.5. The average molecular weight is 308 g/mol. The number of nitrogens with one attached hydrogen (secondary N) is 1. The van der Waals surface area contributed by atoms with E-state index in [2.05, 4.69) is 37.8 Å². The van der Waals surface area contributed by atoms with Gasteiger partial charge in [-0.25, -0.2) is 0 Å². The Kier molecular flexibility index (Phi) is 4.68. The van der Waals surface area contributed by atoms with Gasteiger partial charge in [-0.05, 0) is 18.1 Å². The molecule has 3 aromatic rings. The first kappa shape index (κ1) is 14.8. The van der Waals surface area contributed by atoms with E-state index in [9.17, 15) is 4.79 Å². The molecule has 1 N–H and O–H groups in total. The van der Waals surface area contributed by atoms with Crippen LogP contribution >= 0.6 is 0 Å². The van der Waals surface area contributed by atoms with Gasteiger partial charge < -0.3 is 9.88 Å². The molecule has 0 radical (unpaired) electrons. The molecule has 1 aromatic carbocycles. The highest BCUT2D eigenvalue weighted by Gasteiger charge is 2.09. The first-order valence-electron chi connectivity index (χ1n) is 7.28. The number of aryl methyl sites for hydroxylation is 2. The number of carbonyl (C=O) groups is 1. The van der Waals surface area contributed by atoms with Gasteiger partial charge in [0.25, 0.3) is 5.91 Å². The third kappa shape index (κ3) is 3.97. The maximum absolute atomic E-state index is 12.0. The molecule has 7 nitrogen and oxygen atoms in total. The molecule has 1 amide bonds. The van der Waals surface area contributed by atoms with Crippen LogP contribution < -0.4 is 5.32 Å². The molecule has 2 aromatic heterocycles. The lowest BCUT2D eigenvalue weighted by atomic mass is 10.1. The van der Waals surface area contributed by atoms with E-state index in [4.69, 9.17) is 0 Å². The van der Waals surface area contributed by atoms with Gasteiger partial charge in [0.2, 0.25) is 0 Å². The molecular formula is C16H16N6O. The van der Waals surface area contributed by atoms with E-state index in [1.54, 1.807) is 12.4 Å². The van der Waals surface area contributed by atoms with Crippen LogP contribution in [0.4, 0.5) is 0 Å². The Balaban J connectivity index is 1.57. The average Bonchev–Trinajstić information content (AvgIpc) is 3.07. The summed E-state index contributed by atoms with van der Waals surface area (Å²) in [6.07, 6.45) is 5.47. The number of aromatic nitrogens is 5. The fraction of sp³-hybridized carbons (Fsp3) is 0.188. The van der Waals surface area contributed by atoms with E-state index < -0.39 is 0 Å². The summed E-state index contributed by atoms with van der Waals surface area (Å²) in [6.45, 7) is 1.08. The predicted octanol–water partition coefficient (Wildman–Crippen LogP) is 1.24. The van der Waals surface area contributed by atoms with E-state index in [0.29, 0.717) is 12.1 Å². The van der Waals surface area contributed by atoms with Gasteiger partial charge in [-0.2, -0.15) is 10.2 Å². The predicted molar refractivity (Wildman–Crippen MR) is 83.4 cm³/mol. The lowest BCUT2D eigenvalue weighted by Crippen LogP contribution is -2.25. The Hall–Kier alpha value is -3.09. The van der Waals surface area contributed by atoms with Crippen LogP contribution in [0.25, 0.3) is 0 Å². The summed E-state index contributed by atoms with van der Waals surface area (Å²) in [5, 5.41) is 18.1. The van der Waals surface area contributed by atoms with Crippen molar-refractivity contribution in [2.45, 2.75) is 19.5 Å². The van der Waals surface area contributed by atoms with Crippen LogP contribution in [0.15, 0.2) is 55.1 Å². The molecule has 0 aliphatic rings. The molecule has 0 fully saturated rings. The number of nitrogens with zero attached hydrogens (tertiary/aromatic N) is 5. The fourth-order valence-corrected chi connectivity index (χ4v) is 2.18. The normalized spacial score (nSPS) is 10.4. The maximum Gasteiger partial charge on any atom is 0.253 e. The number of rotatable bonds is 6. The molecule has 116 valence electrons. The summed E-state index contributed by atoms with van der Waals surface area (Å²) in [7, 11) is 0. The number of hydrogen-bond acceptors (Lipinski definition) is 5. The molecule has 0 saturated heterocycles. The Morgan fingerprint density at radius 2 is 1.96 bits per heavy atom. The summed E-state index contributed by atoms with van der Waals surface area (Å²) in [5.41, 5.74) is 1.72. The molecule has 23 heavy (non-hydrogen) atoms. The van der Waals surface area contributed by atoms with Crippen LogP contribution in [0, 0.1) is 0 Å². The van der Waals surface area contributed by atoms with Gasteiger partial charge >= 0.3 is 0 Å². The summed E-state index contributed by atoms with van der Waals surface area (Å²) in [6, 6.07) is 11.8. The minimum absolute atomic E-state index is 0.211. The smallest absolute Gasteiger partial charge is 0.253 e. The highest BCUT2D eigenvalue weighted by Crippen LogP contribution is 2.04. The topological polar surface area (TPSA) is 85.6 Å². The van der Waals surface area contributed by atoms with E-state index >= 15 is 0 Å². The second-order valence-corrected chi connectivity index (χ2v) is 4.99. The van der Waals surface area contributed by atoms with Gasteiger partial charge in [0.15, 0.2) is 5.82 Å². The molecule has 0 aliphatic carbocycles. The number of benzene rings is 1. The van der Waals surface area contributed by atoms with Gasteiger partial charge in [-0.15, -0.1) is 10.2 Å². The van der Waals surface area contributed by atoms with Crippen LogP contribution in [0.5, 0.6) is 0 Å². The first-order valence-corrected chi connectivity index (χ1v) is 7.28. The van der Waals surface area contributed by atoms with Gasteiger partial charge in [0, 0.05) is 6.54 Å². The van der Waals surface area contributed by atoms with Gasteiger partial charge in [-0.3, -0.25) is 4.79 Å². The van der Waals surface area contributed by atoms with Crippen molar-refractivity contribution in [3.63, 3.8) is 0 Å². The molecular weight excluding hydrogens is 292 g/mol. The van der Waals surface area contributed by atoms with Crippen molar-refractivity contribution >= 4 is 5.91 Å². The molecule has 0 bridgehead atoms. The molecule has 0 aliphatic heterocycles. The van der Waals surface area contributed by atoms with Gasteiger partial charge in [-0.1, -0.05) is 30.3 Å². The number of amides is 1. The fourth-order valence-electron chi connectivity index (χ4n) is 2.18. The van der Waals surface area contributed by atoms with Crippen molar-refractivity contribution in [3.05, 3.63) is 72.1 Å². The van der Waals surface area contributed by atoms with Gasteiger partial charge in [0.05, 0.1) is 24.5 Å². The lowest BCUT2D eigenvalue weighted by Gasteiger charge is -2.08. The van der Waals surface area contributed by atoms with Crippen molar-refractivity contribution in [2.24, 2.45) is 0 Å². The second-order valence-electron chi connectivity index (χ2n) is 4.99. The van der Waals surface area contributed by atoms with Crippen LogP contribution in [0.3, 0.4) is 0 Å².